The monoisotopic (exact) mass is 417 g/mol. The van der Waals surface area contributed by atoms with E-state index in [0.29, 0.717) is 11.6 Å². The van der Waals surface area contributed by atoms with Gasteiger partial charge < -0.3 is 5.32 Å². The van der Waals surface area contributed by atoms with Crippen LogP contribution in [-0.2, 0) is 10.0 Å². The summed E-state index contributed by atoms with van der Waals surface area (Å²) in [5.41, 5.74) is 1.51. The Hall–Kier alpha value is -3.38. The molecule has 2 N–H and O–H groups in total. The molecule has 3 rings (SSSR count). The molecule has 0 radical (unpaired) electrons. The molecule has 0 aliphatic heterocycles. The van der Waals surface area contributed by atoms with Gasteiger partial charge >= 0.3 is 0 Å². The van der Waals surface area contributed by atoms with Crippen molar-refractivity contribution in [2.24, 2.45) is 0 Å². The fraction of sp³-hybridized carbons (Fsp3) is 0.235. The minimum absolute atomic E-state index is 0.0598. The molecule has 3 aromatic rings. The van der Waals surface area contributed by atoms with Gasteiger partial charge in [0.05, 0.1) is 15.5 Å². The Kier molecular flexibility index (Phi) is 5.84. The van der Waals surface area contributed by atoms with Crippen LogP contribution in [0.4, 0.5) is 11.5 Å². The van der Waals surface area contributed by atoms with E-state index in [9.17, 15) is 18.5 Å². The van der Waals surface area contributed by atoms with Gasteiger partial charge in [-0.05, 0) is 26.0 Å². The first-order valence-corrected chi connectivity index (χ1v) is 10.1. The first-order valence-electron chi connectivity index (χ1n) is 8.60. The highest BCUT2D eigenvalue weighted by Crippen LogP contribution is 2.17. The fourth-order valence-corrected chi connectivity index (χ4v) is 3.71. The maximum Gasteiger partial charge on any atom is 0.270 e. The van der Waals surface area contributed by atoms with Gasteiger partial charge in [0.2, 0.25) is 10.0 Å². The Morgan fingerprint density at radius 2 is 1.93 bits per heavy atom. The highest BCUT2D eigenvalue weighted by Gasteiger charge is 2.17. The van der Waals surface area contributed by atoms with Crippen LogP contribution in [0.25, 0.3) is 5.82 Å². The maximum absolute atomic E-state index is 12.3. The van der Waals surface area contributed by atoms with Gasteiger partial charge in [-0.1, -0.05) is 6.07 Å². The molecule has 0 aliphatic rings. The SMILES string of the molecule is Cc1cc(C)n(-c2cc(NCCNS(=O)(=O)c3cccc([N+](=O)[O-])c3)ncn2)n1. The van der Waals surface area contributed by atoms with Gasteiger partial charge in [-0.2, -0.15) is 5.10 Å². The molecule has 12 heteroatoms. The molecular formula is C17H19N7O4S. The van der Waals surface area contributed by atoms with Crippen LogP contribution in [0.15, 0.2) is 47.6 Å². The summed E-state index contributed by atoms with van der Waals surface area (Å²) in [5, 5.41) is 18.2. The van der Waals surface area contributed by atoms with Crippen LogP contribution in [0.3, 0.4) is 0 Å². The van der Waals surface area contributed by atoms with E-state index in [-0.39, 0.29) is 23.7 Å². The number of sulfonamides is 1. The Labute approximate surface area is 167 Å². The van der Waals surface area contributed by atoms with Crippen molar-refractivity contribution in [2.45, 2.75) is 18.7 Å². The van der Waals surface area contributed by atoms with E-state index in [1.165, 1.54) is 24.5 Å². The molecule has 0 unspecified atom stereocenters. The molecule has 0 saturated heterocycles. The fourth-order valence-electron chi connectivity index (χ4n) is 2.64. The molecule has 0 aliphatic carbocycles. The second-order valence-corrected chi connectivity index (χ2v) is 7.95. The summed E-state index contributed by atoms with van der Waals surface area (Å²) in [5.74, 6) is 1.10. The van der Waals surface area contributed by atoms with Crippen LogP contribution in [-0.4, -0.2) is 46.2 Å². The molecule has 0 bridgehead atoms. The van der Waals surface area contributed by atoms with Crippen molar-refractivity contribution in [3.05, 3.63) is 64.2 Å². The van der Waals surface area contributed by atoms with Gasteiger partial charge in [-0.3, -0.25) is 10.1 Å². The maximum atomic E-state index is 12.3. The first-order chi connectivity index (χ1) is 13.8. The summed E-state index contributed by atoms with van der Waals surface area (Å²) in [6.45, 7) is 4.11. The number of nitrogens with zero attached hydrogens (tertiary/aromatic N) is 5. The third-order valence-corrected chi connectivity index (χ3v) is 5.40. The average molecular weight is 417 g/mol. The van der Waals surface area contributed by atoms with Crippen molar-refractivity contribution in [1.82, 2.24) is 24.5 Å². The van der Waals surface area contributed by atoms with Crippen molar-refractivity contribution in [3.63, 3.8) is 0 Å². The average Bonchev–Trinajstić information content (AvgIpc) is 3.04. The highest BCUT2D eigenvalue weighted by atomic mass is 32.2. The van der Waals surface area contributed by atoms with E-state index < -0.39 is 14.9 Å². The van der Waals surface area contributed by atoms with E-state index in [1.54, 1.807) is 10.7 Å². The largest absolute Gasteiger partial charge is 0.369 e. The van der Waals surface area contributed by atoms with E-state index >= 15 is 0 Å². The zero-order valence-electron chi connectivity index (χ0n) is 15.7. The third-order valence-electron chi connectivity index (χ3n) is 3.94. The number of anilines is 1. The Bertz CT molecular complexity index is 1140. The summed E-state index contributed by atoms with van der Waals surface area (Å²) in [6.07, 6.45) is 1.39. The van der Waals surface area contributed by atoms with Crippen LogP contribution in [0.2, 0.25) is 0 Å². The molecule has 0 fully saturated rings. The first kappa shape index (κ1) is 20.4. The molecule has 152 valence electrons. The number of nitro groups is 1. The summed E-state index contributed by atoms with van der Waals surface area (Å²) in [6, 6.07) is 8.50. The van der Waals surface area contributed by atoms with Gasteiger partial charge in [0.15, 0.2) is 5.82 Å². The third kappa shape index (κ3) is 4.92. The van der Waals surface area contributed by atoms with Gasteiger partial charge in [-0.25, -0.2) is 27.8 Å². The number of aromatic nitrogens is 4. The number of nitro benzene ring substituents is 1. The lowest BCUT2D eigenvalue weighted by Crippen LogP contribution is -2.29. The van der Waals surface area contributed by atoms with Crippen molar-refractivity contribution in [3.8, 4) is 5.82 Å². The number of benzene rings is 1. The predicted octanol–water partition coefficient (Wildman–Crippen LogP) is 1.58. The molecule has 0 atom stereocenters. The highest BCUT2D eigenvalue weighted by molar-refractivity contribution is 7.89. The smallest absolute Gasteiger partial charge is 0.270 e. The summed E-state index contributed by atoms with van der Waals surface area (Å²) < 4.78 is 28.7. The minimum atomic E-state index is -3.87. The molecule has 29 heavy (non-hydrogen) atoms. The lowest BCUT2D eigenvalue weighted by molar-refractivity contribution is -0.385. The molecule has 11 nitrogen and oxygen atoms in total. The second kappa shape index (κ2) is 8.32. The molecule has 0 amide bonds. The number of hydrogen-bond donors (Lipinski definition) is 2. The number of non-ortho nitro benzene ring substituents is 1. The Balaban J connectivity index is 1.61. The van der Waals surface area contributed by atoms with Gasteiger partial charge in [-0.15, -0.1) is 0 Å². The lowest BCUT2D eigenvalue weighted by Gasteiger charge is -2.09. The number of rotatable bonds is 8. The van der Waals surface area contributed by atoms with Gasteiger partial charge in [0, 0.05) is 37.0 Å². The number of nitrogens with one attached hydrogen (secondary N) is 2. The molecule has 0 spiro atoms. The lowest BCUT2D eigenvalue weighted by atomic mass is 10.3. The quantitative estimate of drug-likeness (QED) is 0.319. The van der Waals surface area contributed by atoms with Crippen LogP contribution in [0.5, 0.6) is 0 Å². The topological polar surface area (TPSA) is 145 Å². The molecular weight excluding hydrogens is 398 g/mol. The van der Waals surface area contributed by atoms with E-state index in [4.69, 9.17) is 0 Å². The van der Waals surface area contributed by atoms with E-state index in [1.807, 2.05) is 19.9 Å². The van der Waals surface area contributed by atoms with Crippen molar-refractivity contribution >= 4 is 21.5 Å². The standard InChI is InChI=1S/C17H19N7O4S/c1-12-8-13(2)23(22-12)17-10-16(19-11-20-17)18-6-7-21-29(27,28)15-5-3-4-14(9-15)24(25)26/h3-5,8-11,21H,6-7H2,1-2H3,(H,18,19,20). The Morgan fingerprint density at radius 1 is 1.14 bits per heavy atom. The Morgan fingerprint density at radius 3 is 2.62 bits per heavy atom. The minimum Gasteiger partial charge on any atom is -0.369 e. The van der Waals surface area contributed by atoms with Crippen LogP contribution in [0.1, 0.15) is 11.4 Å². The van der Waals surface area contributed by atoms with Crippen molar-refractivity contribution in [1.29, 1.82) is 0 Å². The van der Waals surface area contributed by atoms with E-state index in [0.717, 1.165) is 17.5 Å². The molecule has 2 heterocycles. The summed E-state index contributed by atoms with van der Waals surface area (Å²) in [4.78, 5) is 18.3. The van der Waals surface area contributed by atoms with Crippen molar-refractivity contribution in [2.75, 3.05) is 18.4 Å². The van der Waals surface area contributed by atoms with Crippen LogP contribution in [0, 0.1) is 24.0 Å². The van der Waals surface area contributed by atoms with Crippen molar-refractivity contribution < 1.29 is 13.3 Å². The number of aryl methyl sites for hydroxylation is 2. The summed E-state index contributed by atoms with van der Waals surface area (Å²) >= 11 is 0. The van der Waals surface area contributed by atoms with Crippen LogP contribution < -0.4 is 10.0 Å². The summed E-state index contributed by atoms with van der Waals surface area (Å²) in [7, 11) is -3.87. The van der Waals surface area contributed by atoms with E-state index in [2.05, 4.69) is 25.1 Å². The van der Waals surface area contributed by atoms with Gasteiger partial charge in [0.25, 0.3) is 5.69 Å². The molecule has 2 aromatic heterocycles. The molecule has 1 aromatic carbocycles. The molecule has 0 saturated carbocycles. The normalized spacial score (nSPS) is 11.4. The predicted molar refractivity (Wildman–Crippen MR) is 105 cm³/mol. The van der Waals surface area contributed by atoms with Crippen LogP contribution >= 0.6 is 0 Å². The van der Waals surface area contributed by atoms with Gasteiger partial charge in [0.1, 0.15) is 12.1 Å². The zero-order valence-corrected chi connectivity index (χ0v) is 16.5. The number of hydrogen-bond acceptors (Lipinski definition) is 8. The second-order valence-electron chi connectivity index (χ2n) is 6.18. The zero-order chi connectivity index (χ0) is 21.0.